The highest BCUT2D eigenvalue weighted by Crippen LogP contribution is 2.17. The summed E-state index contributed by atoms with van der Waals surface area (Å²) in [6.45, 7) is 0. The summed E-state index contributed by atoms with van der Waals surface area (Å²) in [5, 5.41) is 9.89. The summed E-state index contributed by atoms with van der Waals surface area (Å²) < 4.78 is 0. The summed E-state index contributed by atoms with van der Waals surface area (Å²) in [4.78, 5) is 11.9. The van der Waals surface area contributed by atoms with Crippen LogP contribution in [0.25, 0.3) is 0 Å². The first-order chi connectivity index (χ1) is 7.79. The van der Waals surface area contributed by atoms with Crippen molar-refractivity contribution in [2.45, 2.75) is 6.10 Å². The molecule has 0 radical (unpaired) electrons. The van der Waals surface area contributed by atoms with Gasteiger partial charge in [0.15, 0.2) is 5.78 Å². The molecule has 2 aromatic rings. The molecule has 16 heavy (non-hydrogen) atoms. The van der Waals surface area contributed by atoms with Crippen LogP contribution in [-0.4, -0.2) is 10.9 Å². The molecule has 1 N–H and O–H groups in total. The van der Waals surface area contributed by atoms with E-state index < -0.39 is 6.10 Å². The molecule has 0 heterocycles. The van der Waals surface area contributed by atoms with Crippen LogP contribution in [0.1, 0.15) is 22.0 Å². The molecule has 2 nitrogen and oxygen atoms in total. The number of ketones is 1. The van der Waals surface area contributed by atoms with Gasteiger partial charge in [-0.15, -0.1) is 0 Å². The summed E-state index contributed by atoms with van der Waals surface area (Å²) in [7, 11) is 0. The van der Waals surface area contributed by atoms with Crippen molar-refractivity contribution < 1.29 is 9.90 Å². The number of benzene rings is 2. The molecule has 0 saturated heterocycles. The van der Waals surface area contributed by atoms with Gasteiger partial charge in [-0.25, -0.2) is 0 Å². The Labute approximate surface area is 94.2 Å². The van der Waals surface area contributed by atoms with Crippen molar-refractivity contribution in [2.24, 2.45) is 0 Å². The fourth-order valence-corrected chi connectivity index (χ4v) is 1.55. The summed E-state index contributed by atoms with van der Waals surface area (Å²) in [6.07, 6.45) is -1.08. The SMILES string of the molecule is [18O]=C(c1ccccc1)C([18OH])c1ccccc1. The van der Waals surface area contributed by atoms with Gasteiger partial charge >= 0.3 is 0 Å². The smallest absolute Gasteiger partial charge is 0.195 e. The zero-order chi connectivity index (χ0) is 11.4. The van der Waals surface area contributed by atoms with Crippen molar-refractivity contribution in [3.8, 4) is 0 Å². The number of Topliss-reactive ketones (excluding diaryl/α,β-unsaturated/α-hetero) is 1. The minimum Gasteiger partial charge on any atom is -0.380 e. The molecule has 0 bridgehead atoms. The maximum absolute atomic E-state index is 11.9. The fraction of sp³-hybridized carbons (Fsp3) is 0.0714. The lowest BCUT2D eigenvalue weighted by molar-refractivity contribution is 0.0747. The quantitative estimate of drug-likeness (QED) is 0.632. The third kappa shape index (κ3) is 2.18. The molecule has 80 valence electrons. The van der Waals surface area contributed by atoms with E-state index in [1.807, 2.05) is 12.1 Å². The first-order valence-electron chi connectivity index (χ1n) is 5.11. The van der Waals surface area contributed by atoms with Crippen molar-refractivity contribution in [3.05, 3.63) is 71.8 Å². The summed E-state index contributed by atoms with van der Waals surface area (Å²) in [6, 6.07) is 17.7. The molecule has 0 amide bonds. The first-order valence-corrected chi connectivity index (χ1v) is 5.11. The predicted octanol–water partition coefficient (Wildman–Crippen LogP) is 2.60. The molecule has 2 rings (SSSR count). The van der Waals surface area contributed by atoms with E-state index in [0.717, 1.165) is 0 Å². The van der Waals surface area contributed by atoms with Gasteiger partial charge in [0.05, 0.1) is 0 Å². The average molecular weight is 216 g/mol. The van der Waals surface area contributed by atoms with Crippen molar-refractivity contribution >= 4 is 5.78 Å². The third-order valence-electron chi connectivity index (χ3n) is 2.42. The lowest BCUT2D eigenvalue weighted by Gasteiger charge is -2.09. The molecule has 0 saturated carbocycles. The Morgan fingerprint density at radius 1 is 0.875 bits per heavy atom. The molecular formula is C14H12O2. The van der Waals surface area contributed by atoms with E-state index in [-0.39, 0.29) is 5.78 Å². The van der Waals surface area contributed by atoms with E-state index in [1.165, 1.54) is 0 Å². The van der Waals surface area contributed by atoms with Crippen LogP contribution in [0.3, 0.4) is 0 Å². The number of aliphatic hydroxyl groups is 1. The predicted molar refractivity (Wildman–Crippen MR) is 62.2 cm³/mol. The Balaban J connectivity index is 2.24. The number of hydrogen-bond donors (Lipinski definition) is 1. The highest BCUT2D eigenvalue weighted by atomic mass is 18.2. The van der Waals surface area contributed by atoms with Crippen LogP contribution in [0.2, 0.25) is 0 Å². The molecule has 2 aromatic carbocycles. The maximum Gasteiger partial charge on any atom is 0.195 e. The zero-order valence-corrected chi connectivity index (χ0v) is 8.71. The minimum atomic E-state index is -1.08. The van der Waals surface area contributed by atoms with Gasteiger partial charge in [0, 0.05) is 5.56 Å². The van der Waals surface area contributed by atoms with Crippen LogP contribution in [-0.2, 0) is 0 Å². The molecular weight excluding hydrogens is 204 g/mol. The average Bonchev–Trinajstić information content (AvgIpc) is 2.39. The molecule has 0 aliphatic heterocycles. The van der Waals surface area contributed by atoms with Gasteiger partial charge in [-0.05, 0) is 5.56 Å². The Morgan fingerprint density at radius 2 is 1.38 bits per heavy atom. The van der Waals surface area contributed by atoms with Crippen LogP contribution in [0.4, 0.5) is 0 Å². The summed E-state index contributed by atoms with van der Waals surface area (Å²) in [5.74, 6) is -0.271. The number of carbonyl (C=O) groups is 1. The van der Waals surface area contributed by atoms with Gasteiger partial charge < -0.3 is 5.11 Å². The van der Waals surface area contributed by atoms with Crippen LogP contribution in [0.5, 0.6) is 0 Å². The number of rotatable bonds is 3. The van der Waals surface area contributed by atoms with Crippen LogP contribution >= 0.6 is 0 Å². The summed E-state index contributed by atoms with van der Waals surface area (Å²) in [5.41, 5.74) is 1.15. The highest BCUT2D eigenvalue weighted by molar-refractivity contribution is 5.99. The van der Waals surface area contributed by atoms with E-state index >= 15 is 0 Å². The van der Waals surface area contributed by atoms with E-state index in [2.05, 4.69) is 0 Å². The monoisotopic (exact) mass is 216 g/mol. The standard InChI is InChI=1S/C14H12O2/c15-13(11-7-3-1-4-8-11)14(16)12-9-5-2-6-10-12/h1-10,13,15H/i15+2,16+2. The molecule has 0 spiro atoms. The second-order valence-corrected chi connectivity index (χ2v) is 3.54. The lowest BCUT2D eigenvalue weighted by Crippen LogP contribution is -2.11. The molecule has 0 aliphatic carbocycles. The first kappa shape index (κ1) is 10.6. The zero-order valence-electron chi connectivity index (χ0n) is 8.71. The van der Waals surface area contributed by atoms with Crippen molar-refractivity contribution in [1.82, 2.24) is 0 Å². The highest BCUT2D eigenvalue weighted by Gasteiger charge is 2.18. The van der Waals surface area contributed by atoms with Gasteiger partial charge in [0.1, 0.15) is 6.10 Å². The van der Waals surface area contributed by atoms with Crippen LogP contribution in [0.15, 0.2) is 60.7 Å². The van der Waals surface area contributed by atoms with E-state index in [9.17, 15) is 9.90 Å². The Hall–Kier alpha value is -1.93. The molecule has 1 atom stereocenters. The Bertz CT molecular complexity index is 463. The number of hydrogen-bond acceptors (Lipinski definition) is 2. The molecule has 2 heteroatoms. The Morgan fingerprint density at radius 3 is 1.94 bits per heavy atom. The van der Waals surface area contributed by atoms with Gasteiger partial charge in [0.25, 0.3) is 0 Å². The molecule has 1 unspecified atom stereocenters. The molecule has 0 fully saturated rings. The third-order valence-corrected chi connectivity index (χ3v) is 2.42. The van der Waals surface area contributed by atoms with Gasteiger partial charge in [-0.3, -0.25) is 4.79 Å². The van der Waals surface area contributed by atoms with E-state index in [0.29, 0.717) is 11.1 Å². The summed E-state index contributed by atoms with van der Waals surface area (Å²) >= 11 is 0. The van der Waals surface area contributed by atoms with E-state index in [4.69, 9.17) is 0 Å². The number of carbonyl (C=O) groups excluding carboxylic acids is 1. The largest absolute Gasteiger partial charge is 0.380 e. The van der Waals surface area contributed by atoms with Gasteiger partial charge in [-0.1, -0.05) is 60.7 Å². The normalized spacial score (nSPS) is 12.1. The van der Waals surface area contributed by atoms with Crippen molar-refractivity contribution in [2.75, 3.05) is 0 Å². The Kier molecular flexibility index (Phi) is 3.13. The van der Waals surface area contributed by atoms with E-state index in [1.54, 1.807) is 48.5 Å². The molecule has 0 aromatic heterocycles. The maximum atomic E-state index is 11.9. The number of aliphatic hydroxyl groups excluding tert-OH is 1. The van der Waals surface area contributed by atoms with Crippen molar-refractivity contribution in [3.63, 3.8) is 0 Å². The van der Waals surface area contributed by atoms with Crippen molar-refractivity contribution in [1.29, 1.82) is 0 Å². The fourth-order valence-electron chi connectivity index (χ4n) is 1.55. The second kappa shape index (κ2) is 4.73. The van der Waals surface area contributed by atoms with Crippen LogP contribution in [0, 0.1) is 0 Å². The van der Waals surface area contributed by atoms with Gasteiger partial charge in [0.2, 0.25) is 0 Å². The minimum absolute atomic E-state index is 0.271. The topological polar surface area (TPSA) is 37.3 Å². The lowest BCUT2D eigenvalue weighted by atomic mass is 10.0. The van der Waals surface area contributed by atoms with Crippen LogP contribution < -0.4 is 0 Å². The second-order valence-electron chi connectivity index (χ2n) is 3.54. The molecule has 0 aliphatic rings. The van der Waals surface area contributed by atoms with Gasteiger partial charge in [-0.2, -0.15) is 0 Å².